The van der Waals surface area contributed by atoms with Gasteiger partial charge in [0.2, 0.25) is 0 Å². The zero-order chi connectivity index (χ0) is 18.3. The molecule has 4 aromatic rings. The minimum absolute atomic E-state index is 0.662. The van der Waals surface area contributed by atoms with Crippen LogP contribution in [0.15, 0.2) is 35.1 Å². The smallest absolute Gasteiger partial charge is 0.171 e. The molecule has 0 bridgehead atoms. The minimum atomic E-state index is 0.662. The van der Waals surface area contributed by atoms with Crippen molar-refractivity contribution in [3.63, 3.8) is 0 Å². The second kappa shape index (κ2) is 6.52. The number of anilines is 1. The number of nitrogens with zero attached hydrogens (tertiary/aromatic N) is 4. The van der Waals surface area contributed by atoms with Crippen molar-refractivity contribution >= 4 is 39.9 Å². The van der Waals surface area contributed by atoms with Crippen molar-refractivity contribution in [2.75, 3.05) is 4.72 Å². The molecule has 0 saturated carbocycles. The lowest BCUT2D eigenvalue weighted by Crippen LogP contribution is -1.89. The highest BCUT2D eigenvalue weighted by Crippen LogP contribution is 2.35. The molecule has 0 amide bonds. The number of aryl methyl sites for hydroxylation is 3. The number of benzene rings is 1. The van der Waals surface area contributed by atoms with Crippen molar-refractivity contribution < 1.29 is 0 Å². The summed E-state index contributed by atoms with van der Waals surface area (Å²) in [4.78, 5) is 9.09. The van der Waals surface area contributed by atoms with Gasteiger partial charge in [0.15, 0.2) is 4.34 Å². The first kappa shape index (κ1) is 16.7. The molecule has 130 valence electrons. The van der Waals surface area contributed by atoms with E-state index in [1.165, 1.54) is 11.9 Å². The molecule has 8 heteroatoms. The van der Waals surface area contributed by atoms with E-state index < -0.39 is 0 Å². The zero-order valence-electron chi connectivity index (χ0n) is 14.5. The molecule has 0 aliphatic carbocycles. The molecular weight excluding hydrogens is 364 g/mol. The van der Waals surface area contributed by atoms with Crippen LogP contribution in [-0.4, -0.2) is 19.7 Å². The van der Waals surface area contributed by atoms with E-state index in [-0.39, 0.29) is 0 Å². The van der Waals surface area contributed by atoms with Gasteiger partial charge in [-0.3, -0.25) is 4.68 Å². The molecule has 0 fully saturated rings. The number of nitriles is 1. The fourth-order valence-corrected chi connectivity index (χ4v) is 4.75. The molecule has 26 heavy (non-hydrogen) atoms. The number of nitrogens with one attached hydrogen (secondary N) is 2. The third-order valence-electron chi connectivity index (χ3n) is 4.17. The largest absolute Gasteiger partial charge is 0.358 e. The van der Waals surface area contributed by atoms with Crippen molar-refractivity contribution in [1.82, 2.24) is 19.7 Å². The van der Waals surface area contributed by atoms with Crippen LogP contribution in [0.25, 0.3) is 22.2 Å². The standard InChI is InChI=1S/C18H16N6S2/c1-10-4-5-14(17-15(10)12(6-19)7-20-17)23-26-18-22-16(11(2)25-18)13-8-21-24(3)9-13/h4-5,7-9,20,23H,1-3H3. The van der Waals surface area contributed by atoms with Crippen molar-refractivity contribution in [2.45, 2.75) is 18.2 Å². The first-order valence-electron chi connectivity index (χ1n) is 7.97. The number of aromatic nitrogens is 4. The second-order valence-electron chi connectivity index (χ2n) is 5.99. The molecule has 3 aromatic heterocycles. The predicted molar refractivity (Wildman–Crippen MR) is 106 cm³/mol. The van der Waals surface area contributed by atoms with Crippen molar-refractivity contribution in [3.05, 3.63) is 46.7 Å². The van der Waals surface area contributed by atoms with Crippen LogP contribution >= 0.6 is 23.3 Å². The molecular formula is C18H16N6S2. The molecule has 0 aliphatic rings. The first-order chi connectivity index (χ1) is 12.6. The molecule has 6 nitrogen and oxygen atoms in total. The lowest BCUT2D eigenvalue weighted by molar-refractivity contribution is 0.768. The number of rotatable bonds is 4. The highest BCUT2D eigenvalue weighted by molar-refractivity contribution is 8.02. The van der Waals surface area contributed by atoms with Crippen molar-refractivity contribution in [3.8, 4) is 17.3 Å². The average Bonchev–Trinajstić information content (AvgIpc) is 3.32. The van der Waals surface area contributed by atoms with Crippen LogP contribution < -0.4 is 4.72 Å². The first-order valence-corrected chi connectivity index (χ1v) is 9.60. The van der Waals surface area contributed by atoms with E-state index in [1.54, 1.807) is 22.2 Å². The maximum Gasteiger partial charge on any atom is 0.171 e. The number of H-pyrrole nitrogens is 1. The molecule has 1 aromatic carbocycles. The van der Waals surface area contributed by atoms with E-state index >= 15 is 0 Å². The monoisotopic (exact) mass is 380 g/mol. The normalized spacial score (nSPS) is 11.0. The van der Waals surface area contributed by atoms with Crippen LogP contribution in [0.2, 0.25) is 0 Å². The van der Waals surface area contributed by atoms with Gasteiger partial charge in [0.1, 0.15) is 6.07 Å². The van der Waals surface area contributed by atoms with Crippen LogP contribution in [-0.2, 0) is 7.05 Å². The Balaban J connectivity index is 1.61. The number of aromatic amines is 1. The Morgan fingerprint density at radius 1 is 1.35 bits per heavy atom. The molecule has 0 radical (unpaired) electrons. The predicted octanol–water partition coefficient (Wildman–Crippen LogP) is 4.63. The Morgan fingerprint density at radius 2 is 2.19 bits per heavy atom. The quantitative estimate of drug-likeness (QED) is 0.504. The Morgan fingerprint density at radius 3 is 2.92 bits per heavy atom. The summed E-state index contributed by atoms with van der Waals surface area (Å²) in [5.41, 5.74) is 5.61. The highest BCUT2D eigenvalue weighted by Gasteiger charge is 2.14. The molecule has 0 saturated heterocycles. The van der Waals surface area contributed by atoms with Gasteiger partial charge >= 0.3 is 0 Å². The summed E-state index contributed by atoms with van der Waals surface area (Å²) >= 11 is 3.12. The average molecular weight is 381 g/mol. The lowest BCUT2D eigenvalue weighted by atomic mass is 10.1. The van der Waals surface area contributed by atoms with Gasteiger partial charge in [-0.05, 0) is 25.5 Å². The van der Waals surface area contributed by atoms with Gasteiger partial charge in [0.05, 0.1) is 28.7 Å². The number of hydrogen-bond acceptors (Lipinski definition) is 6. The third-order valence-corrected chi connectivity index (χ3v) is 6.02. The summed E-state index contributed by atoms with van der Waals surface area (Å²) in [6.07, 6.45) is 5.55. The van der Waals surface area contributed by atoms with Gasteiger partial charge in [-0.1, -0.05) is 6.07 Å². The summed E-state index contributed by atoms with van der Waals surface area (Å²) in [6, 6.07) is 6.28. The van der Waals surface area contributed by atoms with Gasteiger partial charge in [-0.15, -0.1) is 11.3 Å². The van der Waals surface area contributed by atoms with Gasteiger partial charge in [0.25, 0.3) is 0 Å². The number of hydrogen-bond donors (Lipinski definition) is 2. The number of fused-ring (bicyclic) bond motifs is 1. The van der Waals surface area contributed by atoms with Gasteiger partial charge in [-0.2, -0.15) is 10.4 Å². The topological polar surface area (TPSA) is 82.3 Å². The maximum absolute atomic E-state index is 9.28. The second-order valence-corrected chi connectivity index (χ2v) is 8.24. The van der Waals surface area contributed by atoms with E-state index in [2.05, 4.69) is 27.8 Å². The van der Waals surface area contributed by atoms with Crippen LogP contribution in [0.5, 0.6) is 0 Å². The fourth-order valence-electron chi connectivity index (χ4n) is 2.92. The molecule has 0 spiro atoms. The van der Waals surface area contributed by atoms with E-state index in [1.807, 2.05) is 38.5 Å². The van der Waals surface area contributed by atoms with E-state index in [4.69, 9.17) is 4.98 Å². The minimum Gasteiger partial charge on any atom is -0.358 e. The van der Waals surface area contributed by atoms with Gasteiger partial charge in [0, 0.05) is 47.2 Å². The van der Waals surface area contributed by atoms with Crippen LogP contribution in [0.1, 0.15) is 16.0 Å². The Labute approximate surface area is 159 Å². The summed E-state index contributed by atoms with van der Waals surface area (Å²) in [5, 5.41) is 14.5. The molecule has 2 N–H and O–H groups in total. The zero-order valence-corrected chi connectivity index (χ0v) is 16.1. The molecule has 0 atom stereocenters. The van der Waals surface area contributed by atoms with Crippen molar-refractivity contribution in [1.29, 1.82) is 5.26 Å². The third kappa shape index (κ3) is 2.85. The van der Waals surface area contributed by atoms with Crippen LogP contribution in [0, 0.1) is 25.2 Å². The summed E-state index contributed by atoms with van der Waals surface area (Å²) in [6.45, 7) is 4.08. The van der Waals surface area contributed by atoms with Crippen molar-refractivity contribution in [2.24, 2.45) is 7.05 Å². The maximum atomic E-state index is 9.28. The SMILES string of the molecule is Cc1sc(SNc2ccc(C)c3c(C#N)c[nH]c23)nc1-c1cnn(C)c1. The molecule has 0 unspecified atom stereocenters. The summed E-state index contributed by atoms with van der Waals surface area (Å²) < 4.78 is 6.08. The summed E-state index contributed by atoms with van der Waals surface area (Å²) in [5.74, 6) is 0. The highest BCUT2D eigenvalue weighted by atomic mass is 32.2. The van der Waals surface area contributed by atoms with E-state index in [0.29, 0.717) is 5.56 Å². The fraction of sp³-hybridized carbons (Fsp3) is 0.167. The van der Waals surface area contributed by atoms with Gasteiger partial charge in [-0.25, -0.2) is 4.98 Å². The molecule has 3 heterocycles. The van der Waals surface area contributed by atoms with E-state index in [9.17, 15) is 5.26 Å². The lowest BCUT2D eigenvalue weighted by Gasteiger charge is -2.06. The molecule has 4 rings (SSSR count). The van der Waals surface area contributed by atoms with Gasteiger partial charge < -0.3 is 9.71 Å². The summed E-state index contributed by atoms with van der Waals surface area (Å²) in [7, 11) is 1.90. The van der Waals surface area contributed by atoms with E-state index in [0.717, 1.165) is 42.6 Å². The molecule has 0 aliphatic heterocycles. The Bertz CT molecular complexity index is 1140. The number of thiazole rings is 1. The van der Waals surface area contributed by atoms with Crippen LogP contribution in [0.3, 0.4) is 0 Å². The Hall–Kier alpha value is -2.76. The van der Waals surface area contributed by atoms with Crippen LogP contribution in [0.4, 0.5) is 5.69 Å². The Kier molecular flexibility index (Phi) is 4.18.